The summed E-state index contributed by atoms with van der Waals surface area (Å²) in [6, 6.07) is 6.07. The highest BCUT2D eigenvalue weighted by atomic mass is 16.3. The monoisotopic (exact) mass is 191 g/mol. The quantitative estimate of drug-likeness (QED) is 0.763. The second-order valence-electron chi connectivity index (χ2n) is 3.32. The fourth-order valence-corrected chi connectivity index (χ4v) is 1.28. The van der Waals surface area contributed by atoms with Gasteiger partial charge in [-0.1, -0.05) is 24.3 Å². The Morgan fingerprint density at radius 3 is 2.86 bits per heavy atom. The van der Waals surface area contributed by atoms with Crippen molar-refractivity contribution in [2.75, 3.05) is 6.54 Å². The Hall–Kier alpha value is -1.12. The zero-order valence-electron chi connectivity index (χ0n) is 8.53. The number of nitrogens with two attached hydrogens (primary N) is 1. The van der Waals surface area contributed by atoms with Gasteiger partial charge in [-0.15, -0.1) is 0 Å². The molecule has 1 aromatic rings. The molecule has 76 valence electrons. The van der Waals surface area contributed by atoms with Crippen LogP contribution in [-0.2, 0) is 6.61 Å². The Morgan fingerprint density at radius 1 is 1.43 bits per heavy atom. The molecule has 0 amide bonds. The van der Waals surface area contributed by atoms with Crippen LogP contribution in [0, 0.1) is 6.92 Å². The van der Waals surface area contributed by atoms with E-state index in [1.54, 1.807) is 0 Å². The van der Waals surface area contributed by atoms with E-state index < -0.39 is 0 Å². The molecule has 0 aliphatic carbocycles. The highest BCUT2D eigenvalue weighted by Gasteiger charge is 1.96. The van der Waals surface area contributed by atoms with Crippen molar-refractivity contribution >= 4 is 6.08 Å². The summed E-state index contributed by atoms with van der Waals surface area (Å²) in [5, 5.41) is 9.07. The van der Waals surface area contributed by atoms with Gasteiger partial charge in [0.1, 0.15) is 0 Å². The second kappa shape index (κ2) is 5.58. The van der Waals surface area contributed by atoms with E-state index in [1.807, 2.05) is 37.3 Å². The number of rotatable bonds is 4. The molecule has 0 saturated carbocycles. The minimum atomic E-state index is 0.102. The fraction of sp³-hybridized carbons (Fsp3) is 0.333. The van der Waals surface area contributed by atoms with Gasteiger partial charge >= 0.3 is 0 Å². The van der Waals surface area contributed by atoms with Gasteiger partial charge in [0.25, 0.3) is 0 Å². The molecule has 0 fully saturated rings. The lowest BCUT2D eigenvalue weighted by Crippen LogP contribution is -1.95. The molecule has 2 nitrogen and oxygen atoms in total. The summed E-state index contributed by atoms with van der Waals surface area (Å²) in [6.45, 7) is 2.78. The van der Waals surface area contributed by atoms with Crippen molar-refractivity contribution in [3.8, 4) is 0 Å². The maximum absolute atomic E-state index is 9.07. The van der Waals surface area contributed by atoms with Crippen LogP contribution < -0.4 is 5.73 Å². The van der Waals surface area contributed by atoms with Crippen LogP contribution in [0.4, 0.5) is 0 Å². The summed E-state index contributed by atoms with van der Waals surface area (Å²) in [5.74, 6) is 0. The van der Waals surface area contributed by atoms with Gasteiger partial charge in [-0.25, -0.2) is 0 Å². The maximum atomic E-state index is 9.07. The molecular weight excluding hydrogens is 174 g/mol. The molecule has 3 N–H and O–H groups in total. The van der Waals surface area contributed by atoms with E-state index in [0.29, 0.717) is 6.54 Å². The van der Waals surface area contributed by atoms with Crippen LogP contribution in [-0.4, -0.2) is 11.7 Å². The minimum absolute atomic E-state index is 0.102. The molecule has 0 aliphatic heterocycles. The molecule has 0 spiro atoms. The third kappa shape index (κ3) is 2.98. The molecule has 0 bridgehead atoms. The first kappa shape index (κ1) is 11.0. The van der Waals surface area contributed by atoms with Gasteiger partial charge in [0, 0.05) is 0 Å². The Labute approximate surface area is 85.1 Å². The summed E-state index contributed by atoms with van der Waals surface area (Å²) in [5.41, 5.74) is 8.61. The molecule has 0 aliphatic rings. The number of aliphatic hydroxyl groups is 1. The summed E-state index contributed by atoms with van der Waals surface area (Å²) in [7, 11) is 0. The number of aryl methyl sites for hydroxylation is 1. The van der Waals surface area contributed by atoms with Crippen molar-refractivity contribution in [1.82, 2.24) is 0 Å². The molecule has 1 aromatic carbocycles. The molecule has 2 heteroatoms. The zero-order chi connectivity index (χ0) is 10.4. The lowest BCUT2D eigenvalue weighted by molar-refractivity contribution is 0.281. The van der Waals surface area contributed by atoms with Crippen LogP contribution in [0.1, 0.15) is 23.1 Å². The van der Waals surface area contributed by atoms with Crippen LogP contribution in [0.2, 0.25) is 0 Å². The molecule has 0 atom stereocenters. The lowest BCUT2D eigenvalue weighted by Gasteiger charge is -2.03. The summed E-state index contributed by atoms with van der Waals surface area (Å²) in [4.78, 5) is 0. The van der Waals surface area contributed by atoms with Gasteiger partial charge in [0.15, 0.2) is 0 Å². The third-order valence-electron chi connectivity index (χ3n) is 2.19. The van der Waals surface area contributed by atoms with Crippen molar-refractivity contribution < 1.29 is 5.11 Å². The predicted molar refractivity (Wildman–Crippen MR) is 59.8 cm³/mol. The average molecular weight is 191 g/mol. The average Bonchev–Trinajstić information content (AvgIpc) is 2.21. The molecule has 14 heavy (non-hydrogen) atoms. The molecular formula is C12H17NO. The van der Waals surface area contributed by atoms with Crippen LogP contribution >= 0.6 is 0 Å². The second-order valence-corrected chi connectivity index (χ2v) is 3.32. The van der Waals surface area contributed by atoms with Gasteiger partial charge in [-0.2, -0.15) is 0 Å². The van der Waals surface area contributed by atoms with Gasteiger partial charge < -0.3 is 10.8 Å². The number of benzene rings is 1. The van der Waals surface area contributed by atoms with Crippen LogP contribution in [0.5, 0.6) is 0 Å². The molecule has 0 heterocycles. The standard InChI is InChI=1S/C12H17NO/c1-10-5-6-11(4-2-3-7-13)8-12(10)9-14/h2,4-6,8,14H,3,7,9,13H2,1H3. The van der Waals surface area contributed by atoms with Crippen LogP contribution in [0.15, 0.2) is 24.3 Å². The van der Waals surface area contributed by atoms with E-state index >= 15 is 0 Å². The number of hydrogen-bond acceptors (Lipinski definition) is 2. The first-order valence-corrected chi connectivity index (χ1v) is 4.85. The van der Waals surface area contributed by atoms with Crippen molar-refractivity contribution in [2.24, 2.45) is 5.73 Å². The molecule has 1 rings (SSSR count). The van der Waals surface area contributed by atoms with Gasteiger partial charge in [-0.05, 0) is 42.6 Å². The zero-order valence-corrected chi connectivity index (χ0v) is 8.53. The summed E-state index contributed by atoms with van der Waals surface area (Å²) < 4.78 is 0. The van der Waals surface area contributed by atoms with E-state index in [9.17, 15) is 0 Å². The maximum Gasteiger partial charge on any atom is 0.0684 e. The predicted octanol–water partition coefficient (Wildman–Crippen LogP) is 1.85. The Morgan fingerprint density at radius 2 is 2.21 bits per heavy atom. The molecule has 0 radical (unpaired) electrons. The highest BCUT2D eigenvalue weighted by Crippen LogP contribution is 2.12. The number of aliphatic hydroxyl groups excluding tert-OH is 1. The normalized spacial score (nSPS) is 11.1. The highest BCUT2D eigenvalue weighted by molar-refractivity contribution is 5.51. The van der Waals surface area contributed by atoms with Crippen molar-refractivity contribution in [2.45, 2.75) is 20.0 Å². The smallest absolute Gasteiger partial charge is 0.0684 e. The fourth-order valence-electron chi connectivity index (χ4n) is 1.28. The Bertz CT molecular complexity index is 318. The van der Waals surface area contributed by atoms with E-state index in [2.05, 4.69) is 0 Å². The van der Waals surface area contributed by atoms with E-state index in [1.165, 1.54) is 0 Å². The first-order valence-electron chi connectivity index (χ1n) is 4.85. The molecule has 0 unspecified atom stereocenters. The SMILES string of the molecule is Cc1ccc(C=CCCN)cc1CO. The van der Waals surface area contributed by atoms with Gasteiger partial charge in [0.2, 0.25) is 0 Å². The van der Waals surface area contributed by atoms with Crippen LogP contribution in [0.25, 0.3) is 6.08 Å². The van der Waals surface area contributed by atoms with Gasteiger partial charge in [0.05, 0.1) is 6.61 Å². The third-order valence-corrected chi connectivity index (χ3v) is 2.19. The van der Waals surface area contributed by atoms with Crippen LogP contribution in [0.3, 0.4) is 0 Å². The molecule has 0 aromatic heterocycles. The Balaban J connectivity index is 2.79. The largest absolute Gasteiger partial charge is 0.392 e. The van der Waals surface area contributed by atoms with Crippen molar-refractivity contribution in [3.05, 3.63) is 41.0 Å². The first-order chi connectivity index (χ1) is 6.77. The Kier molecular flexibility index (Phi) is 4.36. The van der Waals surface area contributed by atoms with E-state index in [4.69, 9.17) is 10.8 Å². The van der Waals surface area contributed by atoms with Crippen molar-refractivity contribution in [3.63, 3.8) is 0 Å². The van der Waals surface area contributed by atoms with E-state index in [-0.39, 0.29) is 6.61 Å². The molecule has 0 saturated heterocycles. The number of hydrogen-bond donors (Lipinski definition) is 2. The van der Waals surface area contributed by atoms with Gasteiger partial charge in [-0.3, -0.25) is 0 Å². The summed E-state index contributed by atoms with van der Waals surface area (Å²) >= 11 is 0. The topological polar surface area (TPSA) is 46.2 Å². The van der Waals surface area contributed by atoms with Crippen molar-refractivity contribution in [1.29, 1.82) is 0 Å². The van der Waals surface area contributed by atoms with E-state index in [0.717, 1.165) is 23.1 Å². The lowest BCUT2D eigenvalue weighted by atomic mass is 10.1. The summed E-state index contributed by atoms with van der Waals surface area (Å²) in [6.07, 6.45) is 4.97. The minimum Gasteiger partial charge on any atom is -0.392 e.